The van der Waals surface area contributed by atoms with Gasteiger partial charge in [0.25, 0.3) is 10.0 Å². The van der Waals surface area contributed by atoms with Gasteiger partial charge in [0.15, 0.2) is 5.82 Å². The molecule has 0 bridgehead atoms. The summed E-state index contributed by atoms with van der Waals surface area (Å²) in [6.45, 7) is 3.38. The Labute approximate surface area is 139 Å². The van der Waals surface area contributed by atoms with Crippen molar-refractivity contribution in [3.8, 4) is 0 Å². The smallest absolute Gasteiger partial charge is 0.267 e. The molecule has 122 valence electrons. The van der Waals surface area contributed by atoms with Crippen molar-refractivity contribution in [2.24, 2.45) is 0 Å². The Morgan fingerprint density at radius 3 is 2.70 bits per heavy atom. The van der Waals surface area contributed by atoms with Crippen molar-refractivity contribution in [2.75, 3.05) is 5.32 Å². The molecule has 1 aromatic heterocycles. The molecule has 6 nitrogen and oxygen atoms in total. The molecule has 0 aliphatic heterocycles. The number of hydrogen-bond acceptors (Lipinski definition) is 5. The number of nitrogens with one attached hydrogen (secondary N) is 2. The van der Waals surface area contributed by atoms with Crippen molar-refractivity contribution in [1.29, 1.82) is 0 Å². The number of rotatable bonds is 5. The number of carbonyl (C=O) groups excluding carboxylic acids is 1. The Kier molecular flexibility index (Phi) is 5.23. The predicted molar refractivity (Wildman–Crippen MR) is 89.3 cm³/mol. The second-order valence-electron chi connectivity index (χ2n) is 4.77. The highest BCUT2D eigenvalue weighted by molar-refractivity contribution is 7.90. The molecule has 0 fully saturated rings. The molecule has 8 heteroatoms. The van der Waals surface area contributed by atoms with E-state index in [4.69, 9.17) is 11.6 Å². The van der Waals surface area contributed by atoms with Gasteiger partial charge in [-0.15, -0.1) is 0 Å². The average Bonchev–Trinajstić information content (AvgIpc) is 2.51. The van der Waals surface area contributed by atoms with Gasteiger partial charge in [-0.2, -0.15) is 0 Å². The van der Waals surface area contributed by atoms with Gasteiger partial charge in [-0.05, 0) is 36.8 Å². The fourth-order valence-corrected chi connectivity index (χ4v) is 3.19. The number of halogens is 1. The van der Waals surface area contributed by atoms with Crippen LogP contribution >= 0.6 is 11.6 Å². The van der Waals surface area contributed by atoms with Crippen molar-refractivity contribution in [3.63, 3.8) is 0 Å². The van der Waals surface area contributed by atoms with Crippen LogP contribution in [0, 0.1) is 6.92 Å². The number of amides is 1. The number of pyridine rings is 1. The SMILES string of the molecule is CCC(=O)NS(=O)(=O)c1cccnc1Nc1cccc(Cl)c1C. The zero-order valence-corrected chi connectivity index (χ0v) is 14.2. The van der Waals surface area contributed by atoms with Crippen LogP contribution in [0.25, 0.3) is 0 Å². The minimum atomic E-state index is -4.00. The Hall–Kier alpha value is -2.12. The second kappa shape index (κ2) is 6.97. The number of anilines is 2. The Balaban J connectivity index is 2.42. The molecule has 0 radical (unpaired) electrons. The third kappa shape index (κ3) is 4.00. The van der Waals surface area contributed by atoms with E-state index in [9.17, 15) is 13.2 Å². The van der Waals surface area contributed by atoms with Crippen LogP contribution in [-0.2, 0) is 14.8 Å². The molecule has 0 saturated heterocycles. The molecular weight excluding hydrogens is 338 g/mol. The van der Waals surface area contributed by atoms with Gasteiger partial charge in [0, 0.05) is 23.3 Å². The lowest BCUT2D eigenvalue weighted by molar-refractivity contribution is -0.119. The first-order valence-corrected chi connectivity index (χ1v) is 8.74. The fourth-order valence-electron chi connectivity index (χ4n) is 1.85. The zero-order valence-electron chi connectivity index (χ0n) is 12.6. The molecule has 1 aromatic carbocycles. The number of carbonyl (C=O) groups is 1. The minimum absolute atomic E-state index is 0.0651. The molecule has 2 N–H and O–H groups in total. The van der Waals surface area contributed by atoms with E-state index in [1.165, 1.54) is 18.3 Å². The van der Waals surface area contributed by atoms with Crippen molar-refractivity contribution in [2.45, 2.75) is 25.2 Å². The largest absolute Gasteiger partial charge is 0.339 e. The van der Waals surface area contributed by atoms with Gasteiger partial charge in [0.05, 0.1) is 0 Å². The van der Waals surface area contributed by atoms with E-state index in [1.807, 2.05) is 4.72 Å². The maximum atomic E-state index is 12.3. The first-order chi connectivity index (χ1) is 10.8. The molecule has 1 heterocycles. The molecule has 0 atom stereocenters. The molecular formula is C15H16ClN3O3S. The summed E-state index contributed by atoms with van der Waals surface area (Å²) < 4.78 is 26.7. The number of hydrogen-bond donors (Lipinski definition) is 2. The predicted octanol–water partition coefficient (Wildman–Crippen LogP) is 3.00. The quantitative estimate of drug-likeness (QED) is 0.862. The Bertz CT molecular complexity index is 838. The molecule has 0 unspecified atom stereocenters. The van der Waals surface area contributed by atoms with Crippen molar-refractivity contribution in [1.82, 2.24) is 9.71 Å². The van der Waals surface area contributed by atoms with Gasteiger partial charge >= 0.3 is 0 Å². The first kappa shape index (κ1) is 17.2. The van der Waals surface area contributed by atoms with E-state index in [-0.39, 0.29) is 17.1 Å². The number of nitrogens with zero attached hydrogens (tertiary/aromatic N) is 1. The van der Waals surface area contributed by atoms with Gasteiger partial charge in [-0.25, -0.2) is 18.1 Å². The monoisotopic (exact) mass is 353 g/mol. The number of benzene rings is 1. The average molecular weight is 354 g/mol. The van der Waals surface area contributed by atoms with Crippen LogP contribution in [0.3, 0.4) is 0 Å². The van der Waals surface area contributed by atoms with E-state index in [0.717, 1.165) is 5.56 Å². The number of aromatic nitrogens is 1. The summed E-state index contributed by atoms with van der Waals surface area (Å²) in [6.07, 6.45) is 1.53. The van der Waals surface area contributed by atoms with Gasteiger partial charge in [-0.1, -0.05) is 24.6 Å². The summed E-state index contributed by atoms with van der Waals surface area (Å²) >= 11 is 6.06. The van der Waals surface area contributed by atoms with Crippen molar-refractivity contribution in [3.05, 3.63) is 47.1 Å². The Morgan fingerprint density at radius 2 is 2.00 bits per heavy atom. The maximum absolute atomic E-state index is 12.3. The van der Waals surface area contributed by atoms with Crippen LogP contribution in [0.4, 0.5) is 11.5 Å². The minimum Gasteiger partial charge on any atom is -0.339 e. The molecule has 0 aliphatic rings. The van der Waals surface area contributed by atoms with Crippen LogP contribution in [0.15, 0.2) is 41.4 Å². The van der Waals surface area contributed by atoms with E-state index in [2.05, 4.69) is 10.3 Å². The van der Waals surface area contributed by atoms with E-state index < -0.39 is 15.9 Å². The topological polar surface area (TPSA) is 88.2 Å². The maximum Gasteiger partial charge on any atom is 0.267 e. The van der Waals surface area contributed by atoms with Gasteiger partial charge in [-0.3, -0.25) is 4.79 Å². The van der Waals surface area contributed by atoms with E-state index in [1.54, 1.807) is 32.0 Å². The van der Waals surface area contributed by atoms with Gasteiger partial charge in [0.2, 0.25) is 5.91 Å². The van der Waals surface area contributed by atoms with E-state index >= 15 is 0 Å². The summed E-state index contributed by atoms with van der Waals surface area (Å²) in [5, 5.41) is 3.50. The van der Waals surface area contributed by atoms with Crippen LogP contribution in [0.1, 0.15) is 18.9 Å². The van der Waals surface area contributed by atoms with Crippen molar-refractivity contribution < 1.29 is 13.2 Å². The summed E-state index contributed by atoms with van der Waals surface area (Å²) in [5.41, 5.74) is 1.40. The second-order valence-corrected chi connectivity index (χ2v) is 6.83. The third-order valence-corrected chi connectivity index (χ3v) is 4.96. The lowest BCUT2D eigenvalue weighted by Crippen LogP contribution is -2.30. The van der Waals surface area contributed by atoms with Crippen LogP contribution in [0.5, 0.6) is 0 Å². The zero-order chi connectivity index (χ0) is 17.0. The molecule has 23 heavy (non-hydrogen) atoms. The van der Waals surface area contributed by atoms with Gasteiger partial charge < -0.3 is 5.32 Å². The molecule has 2 aromatic rings. The normalized spacial score (nSPS) is 11.1. The van der Waals surface area contributed by atoms with Gasteiger partial charge in [0.1, 0.15) is 4.90 Å². The van der Waals surface area contributed by atoms with Crippen LogP contribution < -0.4 is 10.0 Å². The van der Waals surface area contributed by atoms with Crippen LogP contribution in [-0.4, -0.2) is 19.3 Å². The first-order valence-electron chi connectivity index (χ1n) is 6.88. The molecule has 1 amide bonds. The molecule has 0 spiro atoms. The molecule has 2 rings (SSSR count). The summed E-state index contributed by atoms with van der Waals surface area (Å²) in [5.74, 6) is -0.465. The third-order valence-electron chi connectivity index (χ3n) is 3.15. The summed E-state index contributed by atoms with van der Waals surface area (Å²) in [6, 6.07) is 8.10. The standard InChI is InChI=1S/C15H16ClN3O3S/c1-3-14(20)19-23(21,22)13-8-5-9-17-15(13)18-12-7-4-6-11(16)10(12)2/h4-9H,3H2,1-2H3,(H,17,18)(H,19,20). The summed E-state index contributed by atoms with van der Waals surface area (Å²) in [4.78, 5) is 15.4. The fraction of sp³-hybridized carbons (Fsp3) is 0.200. The highest BCUT2D eigenvalue weighted by Gasteiger charge is 2.21. The highest BCUT2D eigenvalue weighted by Crippen LogP contribution is 2.28. The molecule has 0 saturated carbocycles. The van der Waals surface area contributed by atoms with Crippen molar-refractivity contribution >= 4 is 39.0 Å². The Morgan fingerprint density at radius 1 is 1.26 bits per heavy atom. The lowest BCUT2D eigenvalue weighted by atomic mass is 10.2. The van der Waals surface area contributed by atoms with Crippen LogP contribution in [0.2, 0.25) is 5.02 Å². The summed E-state index contributed by atoms with van der Waals surface area (Å²) in [7, 11) is -4.00. The lowest BCUT2D eigenvalue weighted by Gasteiger charge is -2.14. The van der Waals surface area contributed by atoms with E-state index in [0.29, 0.717) is 10.7 Å². The molecule has 0 aliphatic carbocycles. The number of sulfonamides is 1. The highest BCUT2D eigenvalue weighted by atomic mass is 35.5.